The average Bonchev–Trinajstić information content (AvgIpc) is 3.33. The van der Waals surface area contributed by atoms with E-state index in [0.717, 1.165) is 29.8 Å². The number of hydrogen-bond acceptors (Lipinski definition) is 5. The Hall–Kier alpha value is -2.02. The van der Waals surface area contributed by atoms with E-state index in [9.17, 15) is 8.42 Å². The Balaban J connectivity index is 1.50. The van der Waals surface area contributed by atoms with Crippen LogP contribution >= 0.6 is 11.3 Å². The molecule has 3 aromatic rings. The van der Waals surface area contributed by atoms with Gasteiger partial charge in [0.15, 0.2) is 9.84 Å². The highest BCUT2D eigenvalue weighted by atomic mass is 32.2. The predicted molar refractivity (Wildman–Crippen MR) is 108 cm³/mol. The van der Waals surface area contributed by atoms with E-state index in [1.54, 1.807) is 23.6 Å². The summed E-state index contributed by atoms with van der Waals surface area (Å²) in [5.74, 6) is 0.0573. The molecule has 0 aliphatic carbocycles. The number of sulfone groups is 1. The van der Waals surface area contributed by atoms with Crippen LogP contribution in [-0.2, 0) is 16.4 Å². The molecular formula is C21H20N2O2S2. The molecule has 0 radical (unpaired) electrons. The predicted octanol–water partition coefficient (Wildman–Crippen LogP) is 3.87. The second-order valence-corrected chi connectivity index (χ2v) is 10.5. The topological polar surface area (TPSA) is 50.3 Å². The first-order valence-corrected chi connectivity index (χ1v) is 11.5. The van der Waals surface area contributed by atoms with Crippen LogP contribution in [0.5, 0.6) is 0 Å². The SMILES string of the molecule is Cc1ccsc1CN1C[C@H]2c3cc(-c4cccnc4)ccc3S(=O)(=O)[C@H]2C1. The summed E-state index contributed by atoms with van der Waals surface area (Å²) in [6.45, 7) is 4.37. The van der Waals surface area contributed by atoms with Crippen molar-refractivity contribution in [2.75, 3.05) is 13.1 Å². The van der Waals surface area contributed by atoms with Crippen LogP contribution in [0.25, 0.3) is 11.1 Å². The zero-order chi connectivity index (χ0) is 18.6. The minimum absolute atomic E-state index is 0.0573. The monoisotopic (exact) mass is 396 g/mol. The summed E-state index contributed by atoms with van der Waals surface area (Å²) in [7, 11) is -3.26. The summed E-state index contributed by atoms with van der Waals surface area (Å²) in [6.07, 6.45) is 3.57. The van der Waals surface area contributed by atoms with Gasteiger partial charge in [0.2, 0.25) is 0 Å². The average molecular weight is 397 g/mol. The molecule has 1 fully saturated rings. The summed E-state index contributed by atoms with van der Waals surface area (Å²) >= 11 is 1.75. The third-order valence-electron chi connectivity index (χ3n) is 5.79. The molecule has 5 rings (SSSR count). The van der Waals surface area contributed by atoms with Crippen molar-refractivity contribution in [1.29, 1.82) is 0 Å². The Kier molecular flexibility index (Phi) is 3.96. The van der Waals surface area contributed by atoms with Crippen molar-refractivity contribution >= 4 is 21.2 Å². The highest BCUT2D eigenvalue weighted by molar-refractivity contribution is 7.92. The van der Waals surface area contributed by atoms with Crippen LogP contribution in [-0.4, -0.2) is 36.6 Å². The second-order valence-electron chi connectivity index (χ2n) is 7.41. The molecule has 138 valence electrons. The van der Waals surface area contributed by atoms with E-state index in [1.807, 2.05) is 24.4 Å². The van der Waals surface area contributed by atoms with Crippen molar-refractivity contribution in [1.82, 2.24) is 9.88 Å². The smallest absolute Gasteiger partial charge is 0.183 e. The van der Waals surface area contributed by atoms with Gasteiger partial charge in [0.05, 0.1) is 10.1 Å². The van der Waals surface area contributed by atoms with Crippen molar-refractivity contribution in [3.63, 3.8) is 0 Å². The van der Waals surface area contributed by atoms with Crippen molar-refractivity contribution < 1.29 is 8.42 Å². The molecule has 0 amide bonds. The maximum atomic E-state index is 13.1. The molecule has 4 nitrogen and oxygen atoms in total. The van der Waals surface area contributed by atoms with E-state index in [-0.39, 0.29) is 11.2 Å². The highest BCUT2D eigenvalue weighted by Crippen LogP contribution is 2.46. The lowest BCUT2D eigenvalue weighted by atomic mass is 9.95. The lowest BCUT2D eigenvalue weighted by molar-refractivity contribution is 0.328. The van der Waals surface area contributed by atoms with Crippen LogP contribution in [0.1, 0.15) is 21.9 Å². The van der Waals surface area contributed by atoms with Gasteiger partial charge < -0.3 is 0 Å². The summed E-state index contributed by atoms with van der Waals surface area (Å²) in [5, 5.41) is 1.78. The molecule has 6 heteroatoms. The van der Waals surface area contributed by atoms with E-state index in [1.165, 1.54) is 10.4 Å². The number of aryl methyl sites for hydroxylation is 1. The van der Waals surface area contributed by atoms with E-state index in [4.69, 9.17) is 0 Å². The number of pyridine rings is 1. The Morgan fingerprint density at radius 1 is 1.19 bits per heavy atom. The first kappa shape index (κ1) is 17.1. The van der Waals surface area contributed by atoms with Crippen LogP contribution in [0.3, 0.4) is 0 Å². The lowest BCUT2D eigenvalue weighted by Gasteiger charge is -2.17. The van der Waals surface area contributed by atoms with E-state index >= 15 is 0 Å². The van der Waals surface area contributed by atoms with Gasteiger partial charge in [-0.2, -0.15) is 0 Å². The van der Waals surface area contributed by atoms with E-state index < -0.39 is 9.84 Å². The lowest BCUT2D eigenvalue weighted by Crippen LogP contribution is -2.25. The number of likely N-dealkylation sites (tertiary alicyclic amines) is 1. The molecule has 0 spiro atoms. The fourth-order valence-corrected chi connectivity index (χ4v) is 7.48. The molecule has 2 aromatic heterocycles. The van der Waals surface area contributed by atoms with Gasteiger partial charge in [0, 0.05) is 42.8 Å². The fourth-order valence-electron chi connectivity index (χ4n) is 4.34. The van der Waals surface area contributed by atoms with Crippen LogP contribution < -0.4 is 0 Å². The number of aromatic nitrogens is 1. The van der Waals surface area contributed by atoms with Crippen LogP contribution in [0.2, 0.25) is 0 Å². The van der Waals surface area contributed by atoms with Gasteiger partial charge in [0.25, 0.3) is 0 Å². The Morgan fingerprint density at radius 2 is 2.07 bits per heavy atom. The minimum Gasteiger partial charge on any atom is -0.296 e. The summed E-state index contributed by atoms with van der Waals surface area (Å²) in [4.78, 5) is 8.34. The van der Waals surface area contributed by atoms with Gasteiger partial charge in [0.1, 0.15) is 0 Å². The van der Waals surface area contributed by atoms with Gasteiger partial charge >= 0.3 is 0 Å². The summed E-state index contributed by atoms with van der Waals surface area (Å²) in [6, 6.07) is 11.8. The normalized spacial score (nSPS) is 23.3. The second kappa shape index (κ2) is 6.26. The first-order chi connectivity index (χ1) is 13.0. The van der Waals surface area contributed by atoms with Gasteiger partial charge in [-0.1, -0.05) is 12.1 Å². The molecule has 2 atom stereocenters. The molecule has 2 aliphatic heterocycles. The third kappa shape index (κ3) is 2.74. The largest absolute Gasteiger partial charge is 0.296 e. The fraction of sp³-hybridized carbons (Fsp3) is 0.286. The highest BCUT2D eigenvalue weighted by Gasteiger charge is 2.50. The molecule has 4 heterocycles. The van der Waals surface area contributed by atoms with E-state index in [0.29, 0.717) is 11.4 Å². The Morgan fingerprint density at radius 3 is 2.81 bits per heavy atom. The van der Waals surface area contributed by atoms with Gasteiger partial charge in [-0.05, 0) is 58.8 Å². The van der Waals surface area contributed by atoms with Crippen LogP contribution in [0, 0.1) is 6.92 Å². The number of thiophene rings is 1. The van der Waals surface area contributed by atoms with Crippen molar-refractivity contribution in [2.24, 2.45) is 0 Å². The summed E-state index contributed by atoms with van der Waals surface area (Å²) < 4.78 is 26.2. The molecule has 0 saturated carbocycles. The van der Waals surface area contributed by atoms with Gasteiger partial charge in [-0.3, -0.25) is 9.88 Å². The number of benzene rings is 1. The Labute approximate surface area is 163 Å². The summed E-state index contributed by atoms with van der Waals surface area (Å²) in [5.41, 5.74) is 4.32. The molecule has 0 bridgehead atoms. The quantitative estimate of drug-likeness (QED) is 0.674. The standard InChI is InChI=1S/C21H20N2O2S2/c1-14-6-8-26-19(14)12-23-11-18-17-9-15(16-3-2-7-22-10-16)4-5-20(17)27(24,25)21(18)13-23/h2-10,18,21H,11-13H2,1H3/t18-,21-/m0/s1. The number of nitrogens with zero attached hydrogens (tertiary/aromatic N) is 2. The molecule has 0 unspecified atom stereocenters. The Bertz CT molecular complexity index is 1110. The molecular weight excluding hydrogens is 376 g/mol. The number of hydrogen-bond donors (Lipinski definition) is 0. The molecule has 27 heavy (non-hydrogen) atoms. The van der Waals surface area contributed by atoms with Gasteiger partial charge in [-0.15, -0.1) is 11.3 Å². The molecule has 0 N–H and O–H groups in total. The molecule has 1 saturated heterocycles. The molecule has 2 aliphatic rings. The number of rotatable bonds is 3. The minimum atomic E-state index is -3.26. The first-order valence-electron chi connectivity index (χ1n) is 9.07. The maximum absolute atomic E-state index is 13.1. The van der Waals surface area contributed by atoms with Crippen molar-refractivity contribution in [3.05, 3.63) is 70.2 Å². The van der Waals surface area contributed by atoms with E-state index in [2.05, 4.69) is 34.3 Å². The molecule has 1 aromatic carbocycles. The van der Waals surface area contributed by atoms with Crippen molar-refractivity contribution in [2.45, 2.75) is 29.5 Å². The van der Waals surface area contributed by atoms with Crippen molar-refractivity contribution in [3.8, 4) is 11.1 Å². The van der Waals surface area contributed by atoms with Crippen LogP contribution in [0.15, 0.2) is 59.1 Å². The van der Waals surface area contributed by atoms with Crippen LogP contribution in [0.4, 0.5) is 0 Å². The maximum Gasteiger partial charge on any atom is 0.183 e. The van der Waals surface area contributed by atoms with Gasteiger partial charge in [-0.25, -0.2) is 8.42 Å². The third-order valence-corrected chi connectivity index (χ3v) is 9.05. The number of fused-ring (bicyclic) bond motifs is 3. The zero-order valence-corrected chi connectivity index (χ0v) is 16.6. The zero-order valence-electron chi connectivity index (χ0n) is 15.0.